The smallest absolute Gasteiger partial charge is 0.239 e. The normalized spacial score (nSPS) is 31.1. The number of nitrogens with one attached hydrogen (secondary N) is 1. The van der Waals surface area contributed by atoms with E-state index in [0.717, 1.165) is 25.8 Å². The summed E-state index contributed by atoms with van der Waals surface area (Å²) in [7, 11) is 0. The number of amides is 1. The first-order valence-electron chi connectivity index (χ1n) is 6.72. The summed E-state index contributed by atoms with van der Waals surface area (Å²) >= 11 is 0. The summed E-state index contributed by atoms with van der Waals surface area (Å²) in [4.78, 5) is 14.2. The Hall–Kier alpha value is -1.12. The van der Waals surface area contributed by atoms with Crippen LogP contribution >= 0.6 is 0 Å². The van der Waals surface area contributed by atoms with Crippen molar-refractivity contribution in [2.45, 2.75) is 44.2 Å². The molecule has 0 saturated carbocycles. The Morgan fingerprint density at radius 1 is 1.56 bits per heavy atom. The van der Waals surface area contributed by atoms with Crippen molar-refractivity contribution in [3.8, 4) is 6.07 Å². The average Bonchev–Trinajstić information content (AvgIpc) is 2.76. The summed E-state index contributed by atoms with van der Waals surface area (Å²) in [5.74, 6) is 0.786. The van der Waals surface area contributed by atoms with E-state index in [2.05, 4.69) is 18.3 Å². The molecule has 0 radical (unpaired) electrons. The molecule has 0 aromatic rings. The Morgan fingerprint density at radius 2 is 2.22 bits per heavy atom. The standard InChI is InChI=1S/C13H22N4O/c1-10-8-11(16-9-10)12(18)17-6-3-13(15,2-5-14)4-7-17/h10-11,16H,2-4,6-9,15H2,1H3/t10-,11-/m0/s1. The van der Waals surface area contributed by atoms with Crippen molar-refractivity contribution < 1.29 is 4.79 Å². The van der Waals surface area contributed by atoms with Crippen LogP contribution < -0.4 is 11.1 Å². The van der Waals surface area contributed by atoms with Crippen LogP contribution in [-0.4, -0.2) is 42.0 Å². The predicted molar refractivity (Wildman–Crippen MR) is 68.5 cm³/mol. The lowest BCUT2D eigenvalue weighted by molar-refractivity contribution is -0.134. The molecule has 5 heteroatoms. The fourth-order valence-electron chi connectivity index (χ4n) is 2.83. The predicted octanol–water partition coefficient (Wildman–Crippen LogP) is 0.218. The average molecular weight is 250 g/mol. The summed E-state index contributed by atoms with van der Waals surface area (Å²) in [6.07, 6.45) is 2.78. The van der Waals surface area contributed by atoms with Crippen molar-refractivity contribution in [1.29, 1.82) is 5.26 Å². The number of carbonyl (C=O) groups excluding carboxylic acids is 1. The molecule has 100 valence electrons. The minimum absolute atomic E-state index is 0.0127. The number of hydrogen-bond acceptors (Lipinski definition) is 4. The van der Waals surface area contributed by atoms with E-state index in [4.69, 9.17) is 11.0 Å². The van der Waals surface area contributed by atoms with E-state index < -0.39 is 0 Å². The van der Waals surface area contributed by atoms with Gasteiger partial charge >= 0.3 is 0 Å². The van der Waals surface area contributed by atoms with Gasteiger partial charge in [-0.3, -0.25) is 4.79 Å². The van der Waals surface area contributed by atoms with Gasteiger partial charge in [-0.25, -0.2) is 0 Å². The number of nitriles is 1. The Bertz CT molecular complexity index is 354. The monoisotopic (exact) mass is 250 g/mol. The third-order valence-corrected chi connectivity index (χ3v) is 4.15. The van der Waals surface area contributed by atoms with Crippen molar-refractivity contribution in [3.63, 3.8) is 0 Å². The van der Waals surface area contributed by atoms with Gasteiger partial charge in [-0.1, -0.05) is 6.92 Å². The highest BCUT2D eigenvalue weighted by molar-refractivity contribution is 5.82. The third kappa shape index (κ3) is 2.82. The summed E-state index contributed by atoms with van der Waals surface area (Å²) < 4.78 is 0. The van der Waals surface area contributed by atoms with Crippen molar-refractivity contribution in [3.05, 3.63) is 0 Å². The van der Waals surface area contributed by atoms with E-state index in [1.165, 1.54) is 0 Å². The van der Waals surface area contributed by atoms with Crippen molar-refractivity contribution in [2.75, 3.05) is 19.6 Å². The molecule has 2 fully saturated rings. The zero-order chi connectivity index (χ0) is 13.2. The topological polar surface area (TPSA) is 82.2 Å². The van der Waals surface area contributed by atoms with E-state index in [1.807, 2.05) is 4.90 Å². The van der Waals surface area contributed by atoms with Gasteiger partial charge in [-0.05, 0) is 31.7 Å². The molecule has 5 nitrogen and oxygen atoms in total. The van der Waals surface area contributed by atoms with E-state index in [0.29, 0.717) is 25.4 Å². The molecule has 0 aliphatic carbocycles. The second-order valence-electron chi connectivity index (χ2n) is 5.82. The van der Waals surface area contributed by atoms with E-state index in [1.54, 1.807) is 0 Å². The van der Waals surface area contributed by atoms with Crippen LogP contribution in [0.4, 0.5) is 0 Å². The summed E-state index contributed by atoms with van der Waals surface area (Å²) in [6, 6.07) is 2.13. The van der Waals surface area contributed by atoms with Crippen LogP contribution in [0.3, 0.4) is 0 Å². The first-order valence-corrected chi connectivity index (χ1v) is 6.72. The maximum Gasteiger partial charge on any atom is 0.239 e. The molecule has 2 heterocycles. The van der Waals surface area contributed by atoms with Gasteiger partial charge in [0.2, 0.25) is 5.91 Å². The molecule has 2 aliphatic rings. The first kappa shape index (κ1) is 13.3. The highest BCUT2D eigenvalue weighted by Crippen LogP contribution is 2.24. The van der Waals surface area contributed by atoms with E-state index in [9.17, 15) is 4.79 Å². The van der Waals surface area contributed by atoms with Crippen LogP contribution in [0.2, 0.25) is 0 Å². The molecular formula is C13H22N4O. The Kier molecular flexibility index (Phi) is 3.88. The number of nitrogens with two attached hydrogens (primary N) is 1. The van der Waals surface area contributed by atoms with Gasteiger partial charge < -0.3 is 16.0 Å². The molecule has 2 rings (SSSR count). The van der Waals surface area contributed by atoms with Crippen LogP contribution in [0.5, 0.6) is 0 Å². The Labute approximate surface area is 108 Å². The van der Waals surface area contributed by atoms with Gasteiger partial charge in [-0.2, -0.15) is 5.26 Å². The second kappa shape index (κ2) is 5.25. The van der Waals surface area contributed by atoms with Gasteiger partial charge in [0.15, 0.2) is 0 Å². The fourth-order valence-corrected chi connectivity index (χ4v) is 2.83. The van der Waals surface area contributed by atoms with Crippen LogP contribution in [0.15, 0.2) is 0 Å². The molecule has 18 heavy (non-hydrogen) atoms. The third-order valence-electron chi connectivity index (χ3n) is 4.15. The Morgan fingerprint density at radius 3 is 2.72 bits per heavy atom. The second-order valence-corrected chi connectivity index (χ2v) is 5.82. The number of hydrogen-bond donors (Lipinski definition) is 2. The number of nitrogens with zero attached hydrogens (tertiary/aromatic N) is 2. The first-order chi connectivity index (χ1) is 8.54. The summed E-state index contributed by atoms with van der Waals surface area (Å²) in [6.45, 7) is 4.46. The number of carbonyl (C=O) groups is 1. The molecule has 0 unspecified atom stereocenters. The molecule has 2 aliphatic heterocycles. The molecule has 0 aromatic heterocycles. The van der Waals surface area contributed by atoms with Crippen LogP contribution in [0.25, 0.3) is 0 Å². The van der Waals surface area contributed by atoms with Crippen LogP contribution in [0, 0.1) is 17.2 Å². The molecule has 0 bridgehead atoms. The lowest BCUT2D eigenvalue weighted by atomic mass is 9.86. The minimum Gasteiger partial charge on any atom is -0.341 e. The largest absolute Gasteiger partial charge is 0.341 e. The van der Waals surface area contributed by atoms with Gasteiger partial charge in [0.25, 0.3) is 0 Å². The molecular weight excluding hydrogens is 228 g/mol. The minimum atomic E-state index is -0.387. The quantitative estimate of drug-likeness (QED) is 0.734. The van der Waals surface area contributed by atoms with E-state index in [-0.39, 0.29) is 17.5 Å². The summed E-state index contributed by atoms with van der Waals surface area (Å²) in [5, 5.41) is 12.0. The van der Waals surface area contributed by atoms with Crippen molar-refractivity contribution >= 4 is 5.91 Å². The van der Waals surface area contributed by atoms with E-state index >= 15 is 0 Å². The zero-order valence-electron chi connectivity index (χ0n) is 11.0. The van der Waals surface area contributed by atoms with Crippen molar-refractivity contribution in [2.24, 2.45) is 11.7 Å². The molecule has 2 saturated heterocycles. The SMILES string of the molecule is C[C@@H]1CN[C@H](C(=O)N2CCC(N)(CC#N)CC2)C1. The van der Waals surface area contributed by atoms with Gasteiger partial charge in [0.1, 0.15) is 0 Å². The summed E-state index contributed by atoms with van der Waals surface area (Å²) in [5.41, 5.74) is 5.74. The number of rotatable bonds is 2. The maximum atomic E-state index is 12.3. The molecule has 0 aromatic carbocycles. The molecule has 3 N–H and O–H groups in total. The van der Waals surface area contributed by atoms with Crippen LogP contribution in [-0.2, 0) is 4.79 Å². The number of piperidine rings is 1. The lowest BCUT2D eigenvalue weighted by Gasteiger charge is -2.38. The van der Waals surface area contributed by atoms with Gasteiger partial charge in [0, 0.05) is 18.6 Å². The number of likely N-dealkylation sites (tertiary alicyclic amines) is 1. The van der Waals surface area contributed by atoms with Gasteiger partial charge in [0.05, 0.1) is 18.5 Å². The van der Waals surface area contributed by atoms with Gasteiger partial charge in [-0.15, -0.1) is 0 Å². The molecule has 2 atom stereocenters. The zero-order valence-corrected chi connectivity index (χ0v) is 11.0. The van der Waals surface area contributed by atoms with Crippen molar-refractivity contribution in [1.82, 2.24) is 10.2 Å². The highest BCUT2D eigenvalue weighted by Gasteiger charge is 2.36. The Balaban J connectivity index is 1.86. The highest BCUT2D eigenvalue weighted by atomic mass is 16.2. The lowest BCUT2D eigenvalue weighted by Crippen LogP contribution is -2.54. The molecule has 0 spiro atoms. The fraction of sp³-hybridized carbons (Fsp3) is 0.846. The molecule has 1 amide bonds. The maximum absolute atomic E-state index is 12.3. The van der Waals surface area contributed by atoms with Crippen LogP contribution in [0.1, 0.15) is 32.6 Å².